The van der Waals surface area contributed by atoms with Crippen LogP contribution in [0.3, 0.4) is 0 Å². The molecular weight excluding hydrogens is 388 g/mol. The van der Waals surface area contributed by atoms with Crippen LogP contribution in [0.4, 0.5) is 8.78 Å². The highest BCUT2D eigenvalue weighted by molar-refractivity contribution is 6.30. The molecule has 0 aliphatic rings. The fourth-order valence-electron chi connectivity index (χ4n) is 2.88. The SMILES string of the molecule is C[C@H](Oc1ccc(Cl)cc1)C(=O)NC[C@H](C)c1nc2ccccc2n1C(F)F. The van der Waals surface area contributed by atoms with Crippen molar-refractivity contribution < 1.29 is 18.3 Å². The van der Waals surface area contributed by atoms with Crippen molar-refractivity contribution in [3.05, 3.63) is 59.4 Å². The van der Waals surface area contributed by atoms with Gasteiger partial charge in [-0.05, 0) is 43.3 Å². The summed E-state index contributed by atoms with van der Waals surface area (Å²) in [5.74, 6) is -0.0167. The molecule has 3 aromatic rings. The Bertz CT molecular complexity index is 960. The molecule has 0 aliphatic heterocycles. The Hall–Kier alpha value is -2.67. The molecule has 3 rings (SSSR count). The van der Waals surface area contributed by atoms with E-state index in [9.17, 15) is 13.6 Å². The van der Waals surface area contributed by atoms with Crippen LogP contribution >= 0.6 is 11.6 Å². The Morgan fingerprint density at radius 3 is 2.54 bits per heavy atom. The first-order valence-corrected chi connectivity index (χ1v) is 9.19. The van der Waals surface area contributed by atoms with Gasteiger partial charge < -0.3 is 10.1 Å². The minimum absolute atomic E-state index is 0.156. The van der Waals surface area contributed by atoms with Crippen LogP contribution in [0, 0.1) is 0 Å². The van der Waals surface area contributed by atoms with Crippen LogP contribution in [-0.2, 0) is 4.79 Å². The summed E-state index contributed by atoms with van der Waals surface area (Å²) in [6, 6.07) is 13.4. The standard InChI is InChI=1S/C20H20ClF2N3O2/c1-12(18-25-16-5-3-4-6-17(16)26(18)20(22)23)11-24-19(27)13(2)28-15-9-7-14(21)8-10-15/h3-10,12-13,20H,11H2,1-2H3,(H,24,27)/t12-,13-/m0/s1. The van der Waals surface area contributed by atoms with Gasteiger partial charge in [-0.3, -0.25) is 9.36 Å². The molecule has 1 amide bonds. The molecule has 2 aromatic carbocycles. The monoisotopic (exact) mass is 407 g/mol. The average molecular weight is 408 g/mol. The zero-order valence-corrected chi connectivity index (χ0v) is 16.2. The van der Waals surface area contributed by atoms with Crippen LogP contribution in [-0.4, -0.2) is 28.1 Å². The number of hydrogen-bond donors (Lipinski definition) is 1. The van der Waals surface area contributed by atoms with Crippen LogP contribution in [0.1, 0.15) is 32.1 Å². The number of aromatic nitrogens is 2. The minimum atomic E-state index is -2.72. The predicted molar refractivity (Wildman–Crippen MR) is 104 cm³/mol. The number of rotatable bonds is 7. The highest BCUT2D eigenvalue weighted by Gasteiger charge is 2.23. The Balaban J connectivity index is 1.65. The molecule has 0 fully saturated rings. The second kappa shape index (κ2) is 8.56. The lowest BCUT2D eigenvalue weighted by atomic mass is 10.1. The molecule has 0 bridgehead atoms. The maximum absolute atomic E-state index is 13.6. The normalized spacial score (nSPS) is 13.5. The molecule has 0 saturated heterocycles. The quantitative estimate of drug-likeness (QED) is 0.613. The second-order valence-corrected chi connectivity index (χ2v) is 6.90. The van der Waals surface area contributed by atoms with Crippen molar-refractivity contribution in [1.29, 1.82) is 0 Å². The lowest BCUT2D eigenvalue weighted by molar-refractivity contribution is -0.127. The first kappa shape index (κ1) is 20.1. The number of alkyl halides is 2. The number of halogens is 3. The number of imidazole rings is 1. The van der Waals surface area contributed by atoms with Crippen molar-refractivity contribution in [3.8, 4) is 5.75 Å². The number of hydrogen-bond acceptors (Lipinski definition) is 3. The lowest BCUT2D eigenvalue weighted by Crippen LogP contribution is -2.38. The number of carbonyl (C=O) groups is 1. The van der Waals surface area contributed by atoms with E-state index in [1.807, 2.05) is 0 Å². The summed E-state index contributed by atoms with van der Waals surface area (Å²) in [5.41, 5.74) is 0.862. The number of para-hydroxylation sites is 2. The van der Waals surface area contributed by atoms with Gasteiger partial charge >= 0.3 is 6.55 Å². The Morgan fingerprint density at radius 1 is 1.18 bits per heavy atom. The highest BCUT2D eigenvalue weighted by atomic mass is 35.5. The zero-order valence-electron chi connectivity index (χ0n) is 15.4. The van der Waals surface area contributed by atoms with E-state index < -0.39 is 18.6 Å². The summed E-state index contributed by atoms with van der Waals surface area (Å²) in [6.45, 7) is 0.796. The molecule has 0 radical (unpaired) electrons. The maximum Gasteiger partial charge on any atom is 0.320 e. The summed E-state index contributed by atoms with van der Waals surface area (Å²) < 4.78 is 33.6. The second-order valence-electron chi connectivity index (χ2n) is 6.47. The van der Waals surface area contributed by atoms with E-state index in [4.69, 9.17) is 16.3 Å². The van der Waals surface area contributed by atoms with Gasteiger partial charge in [-0.25, -0.2) is 4.98 Å². The van der Waals surface area contributed by atoms with E-state index in [0.717, 1.165) is 4.57 Å². The van der Waals surface area contributed by atoms with Crippen LogP contribution in [0.25, 0.3) is 11.0 Å². The van der Waals surface area contributed by atoms with Crippen LogP contribution < -0.4 is 10.1 Å². The number of nitrogens with one attached hydrogen (secondary N) is 1. The van der Waals surface area contributed by atoms with E-state index in [1.54, 1.807) is 62.4 Å². The predicted octanol–water partition coefficient (Wildman–Crippen LogP) is 4.77. The molecule has 1 heterocycles. The number of ether oxygens (including phenoxy) is 1. The minimum Gasteiger partial charge on any atom is -0.481 e. The Kier molecular flexibility index (Phi) is 6.14. The van der Waals surface area contributed by atoms with Gasteiger partial charge in [-0.15, -0.1) is 0 Å². The number of fused-ring (bicyclic) bond motifs is 1. The molecule has 28 heavy (non-hydrogen) atoms. The van der Waals surface area contributed by atoms with Crippen molar-refractivity contribution in [2.75, 3.05) is 6.54 Å². The highest BCUT2D eigenvalue weighted by Crippen LogP contribution is 2.27. The Labute approximate surface area is 166 Å². The molecule has 0 spiro atoms. The Morgan fingerprint density at radius 2 is 1.86 bits per heavy atom. The fourth-order valence-corrected chi connectivity index (χ4v) is 3.00. The maximum atomic E-state index is 13.6. The number of nitrogens with zero attached hydrogens (tertiary/aromatic N) is 2. The third-order valence-electron chi connectivity index (χ3n) is 4.34. The molecule has 2 atom stereocenters. The number of carbonyl (C=O) groups excluding carboxylic acids is 1. The van der Waals surface area contributed by atoms with E-state index in [1.165, 1.54) is 0 Å². The van der Waals surface area contributed by atoms with Gasteiger partial charge in [0, 0.05) is 17.5 Å². The van der Waals surface area contributed by atoms with E-state index in [-0.39, 0.29) is 18.3 Å². The number of benzene rings is 2. The fraction of sp³-hybridized carbons (Fsp3) is 0.300. The summed E-state index contributed by atoms with van der Waals surface area (Å²) in [6.07, 6.45) is -0.748. The van der Waals surface area contributed by atoms with E-state index in [2.05, 4.69) is 10.3 Å². The zero-order chi connectivity index (χ0) is 20.3. The van der Waals surface area contributed by atoms with Crippen molar-refractivity contribution in [3.63, 3.8) is 0 Å². The van der Waals surface area contributed by atoms with Crippen molar-refractivity contribution >= 4 is 28.5 Å². The van der Waals surface area contributed by atoms with Gasteiger partial charge in [0.25, 0.3) is 5.91 Å². The summed E-state index contributed by atoms with van der Waals surface area (Å²) in [5, 5.41) is 3.30. The van der Waals surface area contributed by atoms with E-state index in [0.29, 0.717) is 21.8 Å². The molecule has 148 valence electrons. The molecular formula is C20H20ClF2N3O2. The molecule has 0 aliphatic carbocycles. The molecule has 0 unspecified atom stereocenters. The first-order chi connectivity index (χ1) is 13.4. The van der Waals surface area contributed by atoms with Gasteiger partial charge in [-0.1, -0.05) is 30.7 Å². The topological polar surface area (TPSA) is 56.1 Å². The average Bonchev–Trinajstić information content (AvgIpc) is 3.07. The molecule has 0 saturated carbocycles. The van der Waals surface area contributed by atoms with E-state index >= 15 is 0 Å². The smallest absolute Gasteiger partial charge is 0.320 e. The molecule has 8 heteroatoms. The third-order valence-corrected chi connectivity index (χ3v) is 4.59. The number of amides is 1. The summed E-state index contributed by atoms with van der Waals surface area (Å²) >= 11 is 5.82. The first-order valence-electron chi connectivity index (χ1n) is 8.81. The van der Waals surface area contributed by atoms with Crippen LogP contribution in [0.15, 0.2) is 48.5 Å². The van der Waals surface area contributed by atoms with Crippen LogP contribution in [0.2, 0.25) is 5.02 Å². The van der Waals surface area contributed by atoms with Crippen molar-refractivity contribution in [2.45, 2.75) is 32.4 Å². The molecule has 1 aromatic heterocycles. The van der Waals surface area contributed by atoms with Gasteiger partial charge in [0.15, 0.2) is 6.10 Å². The van der Waals surface area contributed by atoms with Gasteiger partial charge in [0.05, 0.1) is 11.0 Å². The third kappa shape index (κ3) is 4.42. The van der Waals surface area contributed by atoms with Gasteiger partial charge in [0.1, 0.15) is 11.6 Å². The van der Waals surface area contributed by atoms with Crippen molar-refractivity contribution in [2.24, 2.45) is 0 Å². The van der Waals surface area contributed by atoms with Crippen molar-refractivity contribution in [1.82, 2.24) is 14.9 Å². The summed E-state index contributed by atoms with van der Waals surface area (Å²) in [4.78, 5) is 16.6. The molecule has 1 N–H and O–H groups in total. The summed E-state index contributed by atoms with van der Waals surface area (Å²) in [7, 11) is 0. The van der Waals surface area contributed by atoms with Crippen LogP contribution in [0.5, 0.6) is 5.75 Å². The van der Waals surface area contributed by atoms with Gasteiger partial charge in [-0.2, -0.15) is 8.78 Å². The van der Waals surface area contributed by atoms with Gasteiger partial charge in [0.2, 0.25) is 0 Å². The largest absolute Gasteiger partial charge is 0.481 e. The lowest BCUT2D eigenvalue weighted by Gasteiger charge is -2.18. The molecule has 5 nitrogen and oxygen atoms in total.